The molecule has 2 heterocycles. The second-order valence-electron chi connectivity index (χ2n) is 7.15. The van der Waals surface area contributed by atoms with Crippen LogP contribution in [0.4, 0.5) is 11.5 Å². The first kappa shape index (κ1) is 19.6. The van der Waals surface area contributed by atoms with Crippen molar-refractivity contribution in [1.29, 1.82) is 0 Å². The van der Waals surface area contributed by atoms with Gasteiger partial charge in [0.05, 0.1) is 12.8 Å². The Morgan fingerprint density at radius 2 is 1.67 bits per heavy atom. The minimum absolute atomic E-state index is 0.0495. The molecule has 1 aliphatic heterocycles. The highest BCUT2D eigenvalue weighted by molar-refractivity contribution is 5.98. The number of aromatic nitrogens is 3. The smallest absolute Gasteiger partial charge is 0.253 e. The molecule has 0 atom stereocenters. The zero-order chi connectivity index (χ0) is 21.1. The molecule has 1 saturated heterocycles. The molecule has 1 N–H and O–H groups in total. The molecule has 0 saturated carbocycles. The van der Waals surface area contributed by atoms with Gasteiger partial charge in [-0.1, -0.05) is 5.21 Å². The van der Waals surface area contributed by atoms with E-state index in [2.05, 4.69) is 15.6 Å². The molecular formula is C22H23N5O3. The summed E-state index contributed by atoms with van der Waals surface area (Å²) in [5, 5.41) is 11.4. The number of amides is 1. The van der Waals surface area contributed by atoms with Crippen LogP contribution >= 0.6 is 0 Å². The molecule has 1 fully saturated rings. The van der Waals surface area contributed by atoms with E-state index in [0.29, 0.717) is 11.4 Å². The number of hydrogen-bond donors (Lipinski definition) is 1. The van der Waals surface area contributed by atoms with Crippen LogP contribution in [0.25, 0.3) is 5.69 Å². The molecule has 4 rings (SSSR count). The second-order valence-corrected chi connectivity index (χ2v) is 7.15. The number of nitrogens with zero attached hydrogens (tertiary/aromatic N) is 4. The Morgan fingerprint density at radius 1 is 1.00 bits per heavy atom. The molecule has 154 valence electrons. The summed E-state index contributed by atoms with van der Waals surface area (Å²) in [5.74, 6) is 1.04. The Bertz CT molecular complexity index is 1050. The number of benzene rings is 2. The minimum atomic E-state index is -0.196. The molecule has 30 heavy (non-hydrogen) atoms. The first-order chi connectivity index (χ1) is 14.6. The largest absolute Gasteiger partial charge is 0.497 e. The molecule has 0 radical (unpaired) electrons. The fourth-order valence-electron chi connectivity index (χ4n) is 3.47. The number of rotatable bonds is 6. The van der Waals surface area contributed by atoms with Crippen molar-refractivity contribution in [2.75, 3.05) is 25.5 Å². The highest BCUT2D eigenvalue weighted by Gasteiger charge is 2.20. The van der Waals surface area contributed by atoms with Gasteiger partial charge in [-0.05, 0) is 61.4 Å². The first-order valence-electron chi connectivity index (χ1n) is 9.84. The van der Waals surface area contributed by atoms with Gasteiger partial charge in [0.2, 0.25) is 0 Å². The maximum Gasteiger partial charge on any atom is 0.253 e. The van der Waals surface area contributed by atoms with Crippen molar-refractivity contribution in [3.05, 3.63) is 59.8 Å². The Kier molecular flexibility index (Phi) is 5.47. The summed E-state index contributed by atoms with van der Waals surface area (Å²) in [6.07, 6.45) is 2.11. The van der Waals surface area contributed by atoms with Crippen molar-refractivity contribution < 1.29 is 14.3 Å². The Balaban J connectivity index is 1.60. The van der Waals surface area contributed by atoms with Crippen molar-refractivity contribution in [3.63, 3.8) is 0 Å². The number of likely N-dealkylation sites (tertiary alicyclic amines) is 1. The molecule has 0 aliphatic carbocycles. The van der Waals surface area contributed by atoms with Gasteiger partial charge in [0.15, 0.2) is 17.3 Å². The maximum absolute atomic E-state index is 12.5. The topological polar surface area (TPSA) is 89.3 Å². The van der Waals surface area contributed by atoms with E-state index in [0.717, 1.165) is 43.1 Å². The number of anilines is 2. The molecule has 0 bridgehead atoms. The zero-order valence-electron chi connectivity index (χ0n) is 17.0. The average Bonchev–Trinajstić information content (AvgIpc) is 3.44. The van der Waals surface area contributed by atoms with Gasteiger partial charge in [0.1, 0.15) is 5.75 Å². The predicted molar refractivity (Wildman–Crippen MR) is 113 cm³/mol. The molecule has 0 unspecified atom stereocenters. The number of ether oxygens (including phenoxy) is 1. The summed E-state index contributed by atoms with van der Waals surface area (Å²) in [4.78, 5) is 26.5. The summed E-state index contributed by atoms with van der Waals surface area (Å²) < 4.78 is 6.76. The van der Waals surface area contributed by atoms with Gasteiger partial charge >= 0.3 is 0 Å². The minimum Gasteiger partial charge on any atom is -0.497 e. The Labute approximate surface area is 174 Å². The average molecular weight is 405 g/mol. The van der Waals surface area contributed by atoms with Crippen LogP contribution in [-0.4, -0.2) is 51.8 Å². The van der Waals surface area contributed by atoms with Crippen LogP contribution < -0.4 is 10.1 Å². The van der Waals surface area contributed by atoms with Crippen molar-refractivity contribution in [1.82, 2.24) is 19.9 Å². The van der Waals surface area contributed by atoms with Crippen LogP contribution in [0.1, 0.15) is 40.6 Å². The van der Waals surface area contributed by atoms with Gasteiger partial charge in [-0.2, -0.15) is 4.68 Å². The summed E-state index contributed by atoms with van der Waals surface area (Å²) in [6.45, 7) is 3.08. The predicted octanol–water partition coefficient (Wildman–Crippen LogP) is 3.46. The van der Waals surface area contributed by atoms with E-state index < -0.39 is 0 Å². The number of carbonyl (C=O) groups is 2. The van der Waals surface area contributed by atoms with Crippen LogP contribution in [0, 0.1) is 0 Å². The van der Waals surface area contributed by atoms with E-state index in [-0.39, 0.29) is 17.4 Å². The number of ketones is 1. The molecule has 3 aromatic rings. The Morgan fingerprint density at radius 3 is 2.27 bits per heavy atom. The van der Waals surface area contributed by atoms with Crippen LogP contribution in [0.3, 0.4) is 0 Å². The van der Waals surface area contributed by atoms with Gasteiger partial charge in [0.25, 0.3) is 5.91 Å². The summed E-state index contributed by atoms with van der Waals surface area (Å²) in [7, 11) is 1.60. The molecule has 0 spiro atoms. The van der Waals surface area contributed by atoms with Crippen LogP contribution in [0.5, 0.6) is 5.75 Å². The lowest BCUT2D eigenvalue weighted by molar-refractivity contribution is 0.0792. The van der Waals surface area contributed by atoms with Crippen molar-refractivity contribution >= 4 is 23.2 Å². The highest BCUT2D eigenvalue weighted by atomic mass is 16.5. The molecule has 1 amide bonds. The van der Waals surface area contributed by atoms with Gasteiger partial charge in [-0.3, -0.25) is 9.59 Å². The lowest BCUT2D eigenvalue weighted by atomic mass is 10.2. The quantitative estimate of drug-likeness (QED) is 0.632. The summed E-state index contributed by atoms with van der Waals surface area (Å²) in [5.41, 5.74) is 2.35. The van der Waals surface area contributed by atoms with Gasteiger partial charge in [-0.25, -0.2) is 0 Å². The Hall–Kier alpha value is -3.68. The number of methoxy groups -OCH3 is 1. The van der Waals surface area contributed by atoms with Crippen LogP contribution in [0.15, 0.2) is 48.5 Å². The molecule has 1 aliphatic rings. The maximum atomic E-state index is 12.5. The van der Waals surface area contributed by atoms with Crippen LogP contribution in [-0.2, 0) is 0 Å². The van der Waals surface area contributed by atoms with Gasteiger partial charge in [0, 0.05) is 31.3 Å². The molecular weight excluding hydrogens is 382 g/mol. The number of hydrogen-bond acceptors (Lipinski definition) is 6. The molecule has 1 aromatic heterocycles. The zero-order valence-corrected chi connectivity index (χ0v) is 17.0. The molecule has 8 nitrogen and oxygen atoms in total. The fourth-order valence-corrected chi connectivity index (χ4v) is 3.47. The van der Waals surface area contributed by atoms with Crippen molar-refractivity contribution in [2.45, 2.75) is 19.8 Å². The van der Waals surface area contributed by atoms with Gasteiger partial charge < -0.3 is 15.0 Å². The third kappa shape index (κ3) is 3.89. The van der Waals surface area contributed by atoms with E-state index in [9.17, 15) is 9.59 Å². The van der Waals surface area contributed by atoms with Crippen molar-refractivity contribution in [2.24, 2.45) is 0 Å². The van der Waals surface area contributed by atoms with Gasteiger partial charge in [-0.15, -0.1) is 5.10 Å². The van der Waals surface area contributed by atoms with E-state index in [4.69, 9.17) is 4.74 Å². The third-order valence-corrected chi connectivity index (χ3v) is 5.11. The lowest BCUT2D eigenvalue weighted by Gasteiger charge is -2.15. The molecule has 8 heteroatoms. The number of nitrogens with one attached hydrogen (secondary N) is 1. The summed E-state index contributed by atoms with van der Waals surface area (Å²) >= 11 is 0. The van der Waals surface area contributed by atoms with E-state index in [1.54, 1.807) is 23.9 Å². The SMILES string of the molecule is COc1ccc(-n2nnc(C(C)=O)c2Nc2ccc(C(=O)N3CCCC3)cc2)cc1. The monoisotopic (exact) mass is 405 g/mol. The second kappa shape index (κ2) is 8.36. The highest BCUT2D eigenvalue weighted by Crippen LogP contribution is 2.25. The van der Waals surface area contributed by atoms with E-state index >= 15 is 0 Å². The van der Waals surface area contributed by atoms with Crippen LogP contribution in [0.2, 0.25) is 0 Å². The number of Topliss-reactive ketones (excluding diaryl/α,β-unsaturated/α-hetero) is 1. The van der Waals surface area contributed by atoms with E-state index in [1.165, 1.54) is 6.92 Å². The third-order valence-electron chi connectivity index (χ3n) is 5.11. The summed E-state index contributed by atoms with van der Waals surface area (Å²) in [6, 6.07) is 14.5. The fraction of sp³-hybridized carbons (Fsp3) is 0.273. The van der Waals surface area contributed by atoms with Crippen molar-refractivity contribution in [3.8, 4) is 11.4 Å². The first-order valence-corrected chi connectivity index (χ1v) is 9.84. The molecule has 2 aromatic carbocycles. The normalized spacial score (nSPS) is 13.3. The lowest BCUT2D eigenvalue weighted by Crippen LogP contribution is -2.27. The standard InChI is InChI=1S/C22H23N5O3/c1-15(28)20-21(27(25-24-20)18-9-11-19(30-2)12-10-18)23-17-7-5-16(6-8-17)22(29)26-13-3-4-14-26/h5-12,23H,3-4,13-14H2,1-2H3. The number of carbonyl (C=O) groups excluding carboxylic acids is 2. The van der Waals surface area contributed by atoms with E-state index in [1.807, 2.05) is 41.3 Å².